The number of rotatable bonds is 5. The highest BCUT2D eigenvalue weighted by Crippen LogP contribution is 2.25. The molecular formula is C13H22O5. The van der Waals surface area contributed by atoms with Crippen molar-refractivity contribution in [2.45, 2.75) is 65.6 Å². The van der Waals surface area contributed by atoms with Gasteiger partial charge in [0.05, 0.1) is 0 Å². The van der Waals surface area contributed by atoms with Crippen LogP contribution in [0.15, 0.2) is 0 Å². The second-order valence-electron chi connectivity index (χ2n) is 5.23. The van der Waals surface area contributed by atoms with E-state index in [4.69, 9.17) is 9.47 Å². The van der Waals surface area contributed by atoms with Gasteiger partial charge in [0.2, 0.25) is 0 Å². The Labute approximate surface area is 108 Å². The molecule has 0 aliphatic carbocycles. The molecule has 0 radical (unpaired) electrons. The maximum Gasteiger partial charge on any atom is 0.359 e. The summed E-state index contributed by atoms with van der Waals surface area (Å²) in [5.41, 5.74) is -2.56. The fraction of sp³-hybridized carbons (Fsp3) is 0.769. The third-order valence-electron chi connectivity index (χ3n) is 2.22. The number of ketones is 1. The smallest absolute Gasteiger partial charge is 0.359 e. The molecule has 0 aliphatic heterocycles. The van der Waals surface area contributed by atoms with Gasteiger partial charge in [-0.05, 0) is 27.7 Å². The highest BCUT2D eigenvalue weighted by atomic mass is 16.6. The first-order valence-corrected chi connectivity index (χ1v) is 5.99. The van der Waals surface area contributed by atoms with Gasteiger partial charge in [0.1, 0.15) is 5.60 Å². The number of hydrogen-bond donors (Lipinski definition) is 0. The lowest BCUT2D eigenvalue weighted by Gasteiger charge is -2.31. The van der Waals surface area contributed by atoms with Gasteiger partial charge in [0, 0.05) is 13.3 Å². The molecule has 0 saturated carbocycles. The van der Waals surface area contributed by atoms with Crippen LogP contribution in [0.1, 0.15) is 54.4 Å². The van der Waals surface area contributed by atoms with Crippen molar-refractivity contribution in [2.24, 2.45) is 0 Å². The minimum atomic E-state index is -1.81. The van der Waals surface area contributed by atoms with Crippen LogP contribution < -0.4 is 0 Å². The summed E-state index contributed by atoms with van der Waals surface area (Å²) in [5.74, 6) is -2.00. The molecule has 0 aromatic carbocycles. The van der Waals surface area contributed by atoms with Crippen LogP contribution in [0, 0.1) is 0 Å². The first-order chi connectivity index (χ1) is 8.05. The second-order valence-corrected chi connectivity index (χ2v) is 5.23. The highest BCUT2D eigenvalue weighted by molar-refractivity contribution is 6.07. The Morgan fingerprint density at radius 1 is 1.00 bits per heavy atom. The van der Waals surface area contributed by atoms with Crippen LogP contribution in [-0.2, 0) is 23.9 Å². The molecule has 5 heteroatoms. The standard InChI is InChI=1S/C13H22O5/c1-7-8-13(9(2)14,17-10(3)15)11(16)18-12(4,5)6/h7-8H2,1-6H3. The van der Waals surface area contributed by atoms with Gasteiger partial charge in [-0.3, -0.25) is 9.59 Å². The fourth-order valence-corrected chi connectivity index (χ4v) is 1.54. The maximum atomic E-state index is 12.1. The first-order valence-electron chi connectivity index (χ1n) is 5.99. The molecular weight excluding hydrogens is 236 g/mol. The molecule has 0 spiro atoms. The predicted octanol–water partition coefficient (Wildman–Crippen LogP) is 2.02. The molecule has 0 bridgehead atoms. The van der Waals surface area contributed by atoms with E-state index < -0.39 is 28.9 Å². The van der Waals surface area contributed by atoms with Crippen LogP contribution in [-0.4, -0.2) is 28.9 Å². The molecule has 18 heavy (non-hydrogen) atoms. The second kappa shape index (κ2) is 5.98. The Kier molecular flexibility index (Phi) is 5.52. The number of carbonyl (C=O) groups excluding carboxylic acids is 3. The van der Waals surface area contributed by atoms with Crippen molar-refractivity contribution in [3.05, 3.63) is 0 Å². The van der Waals surface area contributed by atoms with E-state index >= 15 is 0 Å². The summed E-state index contributed by atoms with van der Waals surface area (Å²) in [6.45, 7) is 9.26. The van der Waals surface area contributed by atoms with Crippen LogP contribution in [0.25, 0.3) is 0 Å². The van der Waals surface area contributed by atoms with E-state index in [1.165, 1.54) is 6.92 Å². The molecule has 0 amide bonds. The zero-order valence-corrected chi connectivity index (χ0v) is 12.0. The maximum absolute atomic E-state index is 12.1. The summed E-state index contributed by atoms with van der Waals surface area (Å²) in [6, 6.07) is 0. The Balaban J connectivity index is 5.34. The largest absolute Gasteiger partial charge is 0.457 e. The molecule has 5 nitrogen and oxygen atoms in total. The number of ether oxygens (including phenoxy) is 2. The summed E-state index contributed by atoms with van der Waals surface area (Å²) in [6.07, 6.45) is 0.642. The van der Waals surface area contributed by atoms with Gasteiger partial charge in [-0.2, -0.15) is 0 Å². The van der Waals surface area contributed by atoms with E-state index in [0.29, 0.717) is 6.42 Å². The number of carbonyl (C=O) groups is 3. The Morgan fingerprint density at radius 2 is 1.50 bits per heavy atom. The number of Topliss-reactive ketones (excluding diaryl/α,β-unsaturated/α-hetero) is 1. The summed E-state index contributed by atoms with van der Waals surface area (Å²) in [5, 5.41) is 0. The first kappa shape index (κ1) is 16.6. The average molecular weight is 258 g/mol. The fourth-order valence-electron chi connectivity index (χ4n) is 1.54. The van der Waals surface area contributed by atoms with Crippen molar-refractivity contribution < 1.29 is 23.9 Å². The van der Waals surface area contributed by atoms with Gasteiger partial charge in [-0.25, -0.2) is 4.79 Å². The van der Waals surface area contributed by atoms with Gasteiger partial charge >= 0.3 is 11.9 Å². The number of esters is 2. The molecule has 0 fully saturated rings. The van der Waals surface area contributed by atoms with Crippen molar-refractivity contribution in [1.29, 1.82) is 0 Å². The van der Waals surface area contributed by atoms with E-state index in [1.807, 2.05) is 0 Å². The SMILES string of the molecule is CCCC(OC(C)=O)(C(C)=O)C(=O)OC(C)(C)C. The van der Waals surface area contributed by atoms with Gasteiger partial charge in [0.25, 0.3) is 5.60 Å². The van der Waals surface area contributed by atoms with Crippen molar-refractivity contribution in [3.63, 3.8) is 0 Å². The highest BCUT2D eigenvalue weighted by Gasteiger charge is 2.48. The third kappa shape index (κ3) is 4.47. The molecule has 1 unspecified atom stereocenters. The Bertz CT molecular complexity index is 340. The van der Waals surface area contributed by atoms with Crippen LogP contribution in [0.5, 0.6) is 0 Å². The van der Waals surface area contributed by atoms with Crippen LogP contribution >= 0.6 is 0 Å². The van der Waals surface area contributed by atoms with E-state index in [1.54, 1.807) is 27.7 Å². The zero-order valence-electron chi connectivity index (χ0n) is 12.0. The van der Waals surface area contributed by atoms with E-state index in [9.17, 15) is 14.4 Å². The zero-order chi connectivity index (χ0) is 14.6. The topological polar surface area (TPSA) is 69.7 Å². The molecule has 0 heterocycles. The van der Waals surface area contributed by atoms with Gasteiger partial charge in [0.15, 0.2) is 5.78 Å². The van der Waals surface area contributed by atoms with E-state index in [-0.39, 0.29) is 6.42 Å². The molecule has 0 aromatic rings. The summed E-state index contributed by atoms with van der Waals surface area (Å²) in [7, 11) is 0. The Morgan fingerprint density at radius 3 is 1.78 bits per heavy atom. The van der Waals surface area contributed by atoms with Crippen LogP contribution in [0.3, 0.4) is 0 Å². The van der Waals surface area contributed by atoms with Crippen molar-refractivity contribution in [2.75, 3.05) is 0 Å². The molecule has 0 aliphatic rings. The lowest BCUT2D eigenvalue weighted by Crippen LogP contribution is -2.52. The van der Waals surface area contributed by atoms with Crippen molar-refractivity contribution >= 4 is 17.7 Å². The summed E-state index contributed by atoms with van der Waals surface area (Å²) in [4.78, 5) is 35.0. The minimum Gasteiger partial charge on any atom is -0.457 e. The van der Waals surface area contributed by atoms with Gasteiger partial charge in [-0.1, -0.05) is 13.3 Å². The van der Waals surface area contributed by atoms with Gasteiger partial charge in [-0.15, -0.1) is 0 Å². The summed E-state index contributed by atoms with van der Waals surface area (Å²) < 4.78 is 10.2. The molecule has 0 saturated heterocycles. The average Bonchev–Trinajstić information content (AvgIpc) is 2.12. The van der Waals surface area contributed by atoms with Crippen molar-refractivity contribution in [3.8, 4) is 0 Å². The molecule has 0 N–H and O–H groups in total. The normalized spacial score (nSPS) is 14.6. The minimum absolute atomic E-state index is 0.122. The molecule has 0 aromatic heterocycles. The molecule has 1 atom stereocenters. The number of hydrogen-bond acceptors (Lipinski definition) is 5. The quantitative estimate of drug-likeness (QED) is 0.557. The van der Waals surface area contributed by atoms with Gasteiger partial charge < -0.3 is 9.47 Å². The van der Waals surface area contributed by atoms with Crippen molar-refractivity contribution in [1.82, 2.24) is 0 Å². The summed E-state index contributed by atoms with van der Waals surface area (Å²) >= 11 is 0. The van der Waals surface area contributed by atoms with Crippen LogP contribution in [0.4, 0.5) is 0 Å². The monoisotopic (exact) mass is 258 g/mol. The lowest BCUT2D eigenvalue weighted by molar-refractivity contribution is -0.192. The van der Waals surface area contributed by atoms with E-state index in [2.05, 4.69) is 0 Å². The third-order valence-corrected chi connectivity index (χ3v) is 2.22. The predicted molar refractivity (Wildman–Crippen MR) is 65.9 cm³/mol. The lowest BCUT2D eigenvalue weighted by atomic mass is 9.93. The van der Waals surface area contributed by atoms with Crippen LogP contribution in [0.2, 0.25) is 0 Å². The Hall–Kier alpha value is -1.39. The molecule has 104 valence electrons. The molecule has 0 rings (SSSR count). The van der Waals surface area contributed by atoms with E-state index in [0.717, 1.165) is 6.92 Å².